The van der Waals surface area contributed by atoms with Gasteiger partial charge in [0, 0.05) is 17.1 Å². The maximum atomic E-state index is 13.4. The Kier molecular flexibility index (Phi) is 7.03. The number of carbonyl (C=O) groups is 4. The van der Waals surface area contributed by atoms with E-state index in [2.05, 4.69) is 5.32 Å². The van der Waals surface area contributed by atoms with Gasteiger partial charge in [-0.3, -0.25) is 19.8 Å². The van der Waals surface area contributed by atoms with E-state index in [0.29, 0.717) is 11.1 Å². The van der Waals surface area contributed by atoms with Crippen molar-refractivity contribution in [2.75, 3.05) is 11.5 Å². The fourth-order valence-electron chi connectivity index (χ4n) is 4.14. The van der Waals surface area contributed by atoms with Crippen LogP contribution in [0.4, 0.5) is 5.69 Å². The van der Waals surface area contributed by atoms with Crippen molar-refractivity contribution in [3.63, 3.8) is 0 Å². The van der Waals surface area contributed by atoms with E-state index in [4.69, 9.17) is 17.0 Å². The molecule has 0 unspecified atom stereocenters. The van der Waals surface area contributed by atoms with Crippen LogP contribution in [-0.4, -0.2) is 45.1 Å². The Morgan fingerprint density at radius 2 is 1.68 bits per heavy atom. The van der Waals surface area contributed by atoms with Crippen LogP contribution in [-0.2, 0) is 14.3 Å². The number of anilines is 1. The number of nitrogens with zero attached hydrogens (tertiary/aromatic N) is 2. The Morgan fingerprint density at radius 3 is 2.35 bits per heavy atom. The number of esters is 1. The van der Waals surface area contributed by atoms with E-state index >= 15 is 0 Å². The monoisotopic (exact) mass is 517 g/mol. The summed E-state index contributed by atoms with van der Waals surface area (Å²) >= 11 is 5.21. The van der Waals surface area contributed by atoms with Crippen LogP contribution in [0, 0.1) is 13.8 Å². The summed E-state index contributed by atoms with van der Waals surface area (Å²) in [5, 5.41) is 11.7. The molecule has 9 nitrogen and oxygen atoms in total. The lowest BCUT2D eigenvalue weighted by Gasteiger charge is -2.29. The van der Waals surface area contributed by atoms with Gasteiger partial charge in [0.2, 0.25) is 0 Å². The Bertz CT molecular complexity index is 1500. The van der Waals surface area contributed by atoms with Gasteiger partial charge in [-0.25, -0.2) is 9.59 Å². The van der Waals surface area contributed by atoms with E-state index in [0.717, 1.165) is 22.0 Å². The van der Waals surface area contributed by atoms with Crippen LogP contribution in [0.15, 0.2) is 60.2 Å². The maximum Gasteiger partial charge on any atom is 0.338 e. The maximum absolute atomic E-state index is 13.4. The first-order valence-electron chi connectivity index (χ1n) is 11.3. The van der Waals surface area contributed by atoms with Gasteiger partial charge in [0.25, 0.3) is 11.8 Å². The minimum absolute atomic E-state index is 0.0240. The molecule has 4 rings (SSSR count). The Labute approximate surface area is 218 Å². The van der Waals surface area contributed by atoms with Gasteiger partial charge < -0.3 is 14.4 Å². The number of amides is 2. The molecule has 1 aliphatic heterocycles. The number of benzene rings is 2. The molecule has 2 N–H and O–H groups in total. The second-order valence-electron chi connectivity index (χ2n) is 8.25. The molecule has 0 saturated carbocycles. The average molecular weight is 518 g/mol. The number of aryl methyl sites for hydroxylation is 1. The standard InChI is InChI=1S/C27H23N3O6S/c1-4-36-26(35)18-8-6-9-20(13-18)29-15(2)11-19(16(29)3)14-22-23(31)28-27(37)30(24(22)32)21-10-5-7-17(12-21)25(33)34/h5-14H,4H2,1-3H3,(H,33,34)(H,28,31,37). The van der Waals surface area contributed by atoms with Crippen molar-refractivity contribution >= 4 is 52.8 Å². The highest BCUT2D eigenvalue weighted by atomic mass is 32.1. The first-order chi connectivity index (χ1) is 17.6. The zero-order valence-corrected chi connectivity index (χ0v) is 21.1. The quantitative estimate of drug-likeness (QED) is 0.221. The van der Waals surface area contributed by atoms with Gasteiger partial charge in [-0.05, 0) is 87.1 Å². The van der Waals surface area contributed by atoms with Crippen LogP contribution >= 0.6 is 12.2 Å². The number of hydrogen-bond donors (Lipinski definition) is 2. The molecule has 1 aromatic heterocycles. The molecule has 1 saturated heterocycles. The van der Waals surface area contributed by atoms with Crippen molar-refractivity contribution in [3.8, 4) is 5.69 Å². The summed E-state index contributed by atoms with van der Waals surface area (Å²) in [6.07, 6.45) is 1.47. The SMILES string of the molecule is CCOC(=O)c1cccc(-n2c(C)cc(C=C3C(=O)NC(=S)N(c4cccc(C(=O)O)c4)C3=O)c2C)c1. The number of thiocarbonyl (C=S) groups is 1. The van der Waals surface area contributed by atoms with Gasteiger partial charge in [0.1, 0.15) is 5.57 Å². The third kappa shape index (κ3) is 4.91. The second-order valence-corrected chi connectivity index (χ2v) is 8.63. The molecular weight excluding hydrogens is 494 g/mol. The molecule has 10 heteroatoms. The van der Waals surface area contributed by atoms with Crippen molar-refractivity contribution in [2.45, 2.75) is 20.8 Å². The normalized spacial score (nSPS) is 14.6. The Morgan fingerprint density at radius 1 is 1.03 bits per heavy atom. The molecule has 0 aliphatic carbocycles. The smallest absolute Gasteiger partial charge is 0.338 e. The van der Waals surface area contributed by atoms with Crippen molar-refractivity contribution in [1.29, 1.82) is 0 Å². The number of hydrogen-bond acceptors (Lipinski definition) is 6. The summed E-state index contributed by atoms with van der Waals surface area (Å²) in [7, 11) is 0. The van der Waals surface area contributed by atoms with E-state index in [-0.39, 0.29) is 28.5 Å². The van der Waals surface area contributed by atoms with Crippen molar-refractivity contribution in [3.05, 3.63) is 88.2 Å². The Balaban J connectivity index is 1.74. The van der Waals surface area contributed by atoms with E-state index < -0.39 is 23.8 Å². The Hall–Kier alpha value is -4.57. The fraction of sp³-hybridized carbons (Fsp3) is 0.148. The number of carbonyl (C=O) groups excluding carboxylic acids is 3. The van der Waals surface area contributed by atoms with Crippen molar-refractivity contribution in [1.82, 2.24) is 9.88 Å². The zero-order valence-electron chi connectivity index (χ0n) is 20.3. The molecule has 0 bridgehead atoms. The molecule has 2 aromatic carbocycles. The van der Waals surface area contributed by atoms with Crippen LogP contribution in [0.5, 0.6) is 0 Å². The number of ether oxygens (including phenoxy) is 1. The molecule has 0 radical (unpaired) electrons. The highest BCUT2D eigenvalue weighted by Gasteiger charge is 2.35. The summed E-state index contributed by atoms with van der Waals surface area (Å²) in [5.74, 6) is -2.92. The lowest BCUT2D eigenvalue weighted by atomic mass is 10.1. The number of nitrogens with one attached hydrogen (secondary N) is 1. The summed E-state index contributed by atoms with van der Waals surface area (Å²) < 4.78 is 7.00. The molecule has 0 spiro atoms. The summed E-state index contributed by atoms with van der Waals surface area (Å²) in [6.45, 7) is 5.70. The first kappa shape index (κ1) is 25.5. The lowest BCUT2D eigenvalue weighted by Crippen LogP contribution is -2.54. The topological polar surface area (TPSA) is 118 Å². The van der Waals surface area contributed by atoms with Gasteiger partial charge in [-0.2, -0.15) is 0 Å². The average Bonchev–Trinajstić information content (AvgIpc) is 3.14. The predicted octanol–water partition coefficient (Wildman–Crippen LogP) is 3.80. The summed E-state index contributed by atoms with van der Waals surface area (Å²) in [5.41, 5.74) is 3.33. The third-order valence-electron chi connectivity index (χ3n) is 5.84. The molecular formula is C27H23N3O6S. The lowest BCUT2D eigenvalue weighted by molar-refractivity contribution is -0.122. The second kappa shape index (κ2) is 10.2. The molecule has 2 heterocycles. The molecule has 2 amide bonds. The van der Waals surface area contributed by atoms with Crippen LogP contribution < -0.4 is 10.2 Å². The molecule has 0 atom stereocenters. The van der Waals surface area contributed by atoms with E-state index in [9.17, 15) is 24.3 Å². The number of rotatable bonds is 6. The summed E-state index contributed by atoms with van der Waals surface area (Å²) in [4.78, 5) is 50.8. The molecule has 37 heavy (non-hydrogen) atoms. The van der Waals surface area contributed by atoms with Crippen LogP contribution in [0.2, 0.25) is 0 Å². The summed E-state index contributed by atoms with van der Waals surface area (Å²) in [6, 6.07) is 14.5. The van der Waals surface area contributed by atoms with Crippen molar-refractivity contribution in [2.24, 2.45) is 0 Å². The third-order valence-corrected chi connectivity index (χ3v) is 6.12. The van der Waals surface area contributed by atoms with Gasteiger partial charge in [-0.1, -0.05) is 12.1 Å². The van der Waals surface area contributed by atoms with Gasteiger partial charge >= 0.3 is 11.9 Å². The number of aromatic carboxylic acids is 1. The largest absolute Gasteiger partial charge is 0.478 e. The van der Waals surface area contributed by atoms with Crippen LogP contribution in [0.25, 0.3) is 11.8 Å². The first-order valence-corrected chi connectivity index (χ1v) is 11.7. The minimum Gasteiger partial charge on any atom is -0.478 e. The van der Waals surface area contributed by atoms with Gasteiger partial charge in [-0.15, -0.1) is 0 Å². The van der Waals surface area contributed by atoms with Gasteiger partial charge in [0.15, 0.2) is 5.11 Å². The van der Waals surface area contributed by atoms with Crippen LogP contribution in [0.3, 0.4) is 0 Å². The van der Waals surface area contributed by atoms with Crippen LogP contribution in [0.1, 0.15) is 44.6 Å². The number of aromatic nitrogens is 1. The molecule has 3 aromatic rings. The van der Waals surface area contributed by atoms with E-state index in [1.807, 2.05) is 30.5 Å². The van der Waals surface area contributed by atoms with E-state index in [1.54, 1.807) is 25.1 Å². The highest BCUT2D eigenvalue weighted by Crippen LogP contribution is 2.27. The van der Waals surface area contributed by atoms with E-state index in [1.165, 1.54) is 30.3 Å². The molecule has 1 fully saturated rings. The molecule has 1 aliphatic rings. The molecule has 188 valence electrons. The fourth-order valence-corrected chi connectivity index (χ4v) is 4.42. The zero-order chi connectivity index (χ0) is 26.9. The predicted molar refractivity (Wildman–Crippen MR) is 141 cm³/mol. The number of carboxylic acid groups (broad SMARTS) is 1. The number of carboxylic acids is 1. The van der Waals surface area contributed by atoms with Gasteiger partial charge in [0.05, 0.1) is 23.4 Å². The van der Waals surface area contributed by atoms with Crippen molar-refractivity contribution < 1.29 is 29.0 Å². The minimum atomic E-state index is -1.16. The highest BCUT2D eigenvalue weighted by molar-refractivity contribution is 7.80.